The van der Waals surface area contributed by atoms with Crippen LogP contribution in [0.1, 0.15) is 50.7 Å². The van der Waals surface area contributed by atoms with Gasteiger partial charge in [-0.25, -0.2) is 0 Å². The number of hydrogen-bond donors (Lipinski definition) is 1. The van der Waals surface area contributed by atoms with Crippen LogP contribution in [-0.4, -0.2) is 11.1 Å². The van der Waals surface area contributed by atoms with E-state index < -0.39 is 5.97 Å². The Morgan fingerprint density at radius 3 is 2.47 bits per heavy atom. The normalized spacial score (nSPS) is 13.4. The first-order valence-corrected chi connectivity index (χ1v) is 6.09. The summed E-state index contributed by atoms with van der Waals surface area (Å²) >= 11 is 0. The highest BCUT2D eigenvalue weighted by Gasteiger charge is 2.22. The summed E-state index contributed by atoms with van der Waals surface area (Å²) in [7, 11) is 0. The third kappa shape index (κ3) is 4.59. The molecule has 0 radical (unpaired) electrons. The predicted octanol–water partition coefficient (Wildman–Crippen LogP) is 3.99. The highest BCUT2D eigenvalue weighted by molar-refractivity contribution is 5.76. The topological polar surface area (TPSA) is 37.3 Å². The van der Waals surface area contributed by atoms with Crippen molar-refractivity contribution in [3.05, 3.63) is 35.4 Å². The Hall–Kier alpha value is -1.31. The molecule has 0 saturated carbocycles. The Morgan fingerprint density at radius 1 is 1.35 bits per heavy atom. The molecule has 0 aliphatic carbocycles. The summed E-state index contributed by atoms with van der Waals surface area (Å²) in [6.07, 6.45) is 1.61. The van der Waals surface area contributed by atoms with Gasteiger partial charge in [-0.2, -0.15) is 0 Å². The number of rotatable bonds is 4. The van der Waals surface area contributed by atoms with Crippen LogP contribution in [0.4, 0.5) is 0 Å². The monoisotopic (exact) mass is 234 g/mol. The number of benzene rings is 1. The largest absolute Gasteiger partial charge is 0.481 e. The first-order chi connectivity index (χ1) is 7.79. The van der Waals surface area contributed by atoms with Gasteiger partial charge in [-0.1, -0.05) is 50.6 Å². The summed E-state index contributed by atoms with van der Waals surface area (Å²) in [5.74, 6) is -1.10. The van der Waals surface area contributed by atoms with E-state index in [0.29, 0.717) is 6.42 Å². The summed E-state index contributed by atoms with van der Waals surface area (Å²) in [6, 6.07) is 7.81. The zero-order valence-corrected chi connectivity index (χ0v) is 11.2. The fourth-order valence-corrected chi connectivity index (χ4v) is 1.90. The molecule has 1 rings (SSSR count). The molecule has 0 saturated heterocycles. The minimum absolute atomic E-state index is 0.178. The molecule has 2 nitrogen and oxygen atoms in total. The van der Waals surface area contributed by atoms with Crippen LogP contribution in [0.15, 0.2) is 24.3 Å². The molecule has 0 bridgehead atoms. The van der Waals surface area contributed by atoms with Gasteiger partial charge in [-0.15, -0.1) is 0 Å². The van der Waals surface area contributed by atoms with Crippen molar-refractivity contribution in [2.45, 2.75) is 46.5 Å². The van der Waals surface area contributed by atoms with Gasteiger partial charge in [0.1, 0.15) is 0 Å². The lowest BCUT2D eigenvalue weighted by Gasteiger charge is -2.21. The van der Waals surface area contributed by atoms with Crippen molar-refractivity contribution in [3.63, 3.8) is 0 Å². The Kier molecular flexibility index (Phi) is 4.33. The van der Waals surface area contributed by atoms with Crippen LogP contribution < -0.4 is 0 Å². The molecule has 2 heteroatoms. The van der Waals surface area contributed by atoms with Gasteiger partial charge in [0.2, 0.25) is 0 Å². The third-order valence-electron chi connectivity index (χ3n) is 2.93. The molecular formula is C15H22O2. The maximum Gasteiger partial charge on any atom is 0.310 e. The van der Waals surface area contributed by atoms with E-state index >= 15 is 0 Å². The molecule has 1 aromatic rings. The summed E-state index contributed by atoms with van der Waals surface area (Å²) in [6.45, 7) is 8.42. The van der Waals surface area contributed by atoms with Gasteiger partial charge in [0.15, 0.2) is 0 Å². The van der Waals surface area contributed by atoms with Gasteiger partial charge < -0.3 is 5.11 Å². The quantitative estimate of drug-likeness (QED) is 0.855. The van der Waals surface area contributed by atoms with Crippen molar-refractivity contribution in [1.29, 1.82) is 0 Å². The third-order valence-corrected chi connectivity index (χ3v) is 2.93. The molecule has 17 heavy (non-hydrogen) atoms. The van der Waals surface area contributed by atoms with Crippen molar-refractivity contribution in [1.82, 2.24) is 0 Å². The number of aryl methyl sites for hydroxylation is 1. The molecule has 94 valence electrons. The number of carbonyl (C=O) groups is 1. The molecule has 0 fully saturated rings. The lowest BCUT2D eigenvalue weighted by molar-refractivity contribution is -0.139. The second kappa shape index (κ2) is 5.35. The van der Waals surface area contributed by atoms with Crippen molar-refractivity contribution >= 4 is 5.97 Å². The summed E-state index contributed by atoms with van der Waals surface area (Å²) in [5.41, 5.74) is 2.21. The van der Waals surface area contributed by atoms with E-state index in [2.05, 4.69) is 20.8 Å². The van der Waals surface area contributed by atoms with Crippen molar-refractivity contribution in [3.8, 4) is 0 Å². The maximum absolute atomic E-state index is 11.3. The Balaban J connectivity index is 2.83. The molecule has 1 unspecified atom stereocenters. The highest BCUT2D eigenvalue weighted by Crippen LogP contribution is 2.29. The van der Waals surface area contributed by atoms with Crippen molar-refractivity contribution in [2.24, 2.45) is 5.41 Å². The van der Waals surface area contributed by atoms with Gasteiger partial charge in [0, 0.05) is 0 Å². The lowest BCUT2D eigenvalue weighted by atomic mass is 9.84. The van der Waals surface area contributed by atoms with Crippen LogP contribution in [0.3, 0.4) is 0 Å². The minimum atomic E-state index is -0.722. The molecular weight excluding hydrogens is 212 g/mol. The van der Waals surface area contributed by atoms with Gasteiger partial charge in [0.25, 0.3) is 0 Å². The summed E-state index contributed by atoms with van der Waals surface area (Å²) in [4.78, 5) is 11.3. The molecule has 1 atom stereocenters. The maximum atomic E-state index is 11.3. The molecule has 0 heterocycles. The Labute approximate surface area is 104 Å². The average molecular weight is 234 g/mol. The molecule has 1 N–H and O–H groups in total. The van der Waals surface area contributed by atoms with Gasteiger partial charge in [-0.05, 0) is 30.7 Å². The van der Waals surface area contributed by atoms with Crippen LogP contribution in [0.25, 0.3) is 0 Å². The SMILES string of the molecule is Cc1cccc(C(CCC(C)(C)C)C(=O)O)c1. The molecule has 0 aliphatic rings. The molecule has 0 aliphatic heterocycles. The van der Waals surface area contributed by atoms with Crippen LogP contribution in [0.5, 0.6) is 0 Å². The highest BCUT2D eigenvalue weighted by atomic mass is 16.4. The standard InChI is InChI=1S/C15H22O2/c1-11-6-5-7-12(10-11)13(14(16)17)8-9-15(2,3)4/h5-7,10,13H,8-9H2,1-4H3,(H,16,17). The van der Waals surface area contributed by atoms with Crippen LogP contribution in [0.2, 0.25) is 0 Å². The van der Waals surface area contributed by atoms with Crippen LogP contribution >= 0.6 is 0 Å². The molecule has 0 aromatic heterocycles. The van der Waals surface area contributed by atoms with Gasteiger partial charge in [0.05, 0.1) is 5.92 Å². The first kappa shape index (κ1) is 13.8. The molecule has 0 amide bonds. The van der Waals surface area contributed by atoms with E-state index in [1.54, 1.807) is 0 Å². The fraction of sp³-hybridized carbons (Fsp3) is 0.533. The van der Waals surface area contributed by atoms with Gasteiger partial charge >= 0.3 is 5.97 Å². The number of carboxylic acid groups (broad SMARTS) is 1. The number of aliphatic carboxylic acids is 1. The minimum Gasteiger partial charge on any atom is -0.481 e. The number of carboxylic acids is 1. The van der Waals surface area contributed by atoms with Crippen molar-refractivity contribution < 1.29 is 9.90 Å². The average Bonchev–Trinajstić information content (AvgIpc) is 2.15. The summed E-state index contributed by atoms with van der Waals surface area (Å²) < 4.78 is 0. The summed E-state index contributed by atoms with van der Waals surface area (Å²) in [5, 5.41) is 9.31. The lowest BCUT2D eigenvalue weighted by Crippen LogP contribution is -2.15. The van der Waals surface area contributed by atoms with E-state index in [-0.39, 0.29) is 11.3 Å². The Morgan fingerprint density at radius 2 is 2.00 bits per heavy atom. The first-order valence-electron chi connectivity index (χ1n) is 6.09. The smallest absolute Gasteiger partial charge is 0.310 e. The zero-order valence-electron chi connectivity index (χ0n) is 11.2. The predicted molar refractivity (Wildman–Crippen MR) is 70.2 cm³/mol. The van der Waals surface area contributed by atoms with E-state index in [4.69, 9.17) is 0 Å². The van der Waals surface area contributed by atoms with E-state index in [1.807, 2.05) is 31.2 Å². The van der Waals surface area contributed by atoms with E-state index in [1.165, 1.54) is 0 Å². The zero-order chi connectivity index (χ0) is 13.1. The van der Waals surface area contributed by atoms with E-state index in [0.717, 1.165) is 17.5 Å². The fourth-order valence-electron chi connectivity index (χ4n) is 1.90. The van der Waals surface area contributed by atoms with Crippen LogP contribution in [-0.2, 0) is 4.79 Å². The molecule has 0 spiro atoms. The Bertz CT molecular complexity index is 388. The molecule has 1 aromatic carbocycles. The van der Waals surface area contributed by atoms with Crippen LogP contribution in [0, 0.1) is 12.3 Å². The van der Waals surface area contributed by atoms with Crippen molar-refractivity contribution in [2.75, 3.05) is 0 Å². The second-order valence-corrected chi connectivity index (χ2v) is 5.90. The number of hydrogen-bond acceptors (Lipinski definition) is 1. The van der Waals surface area contributed by atoms with E-state index in [9.17, 15) is 9.90 Å². The van der Waals surface area contributed by atoms with Gasteiger partial charge in [-0.3, -0.25) is 4.79 Å². The second-order valence-electron chi connectivity index (χ2n) is 5.90.